The van der Waals surface area contributed by atoms with Crippen LogP contribution in [0, 0.1) is 6.92 Å². The number of carbonyl (C=O) groups excluding carboxylic acids is 2. The number of carbonyl (C=O) groups is 2. The van der Waals surface area contributed by atoms with Crippen LogP contribution in [0.2, 0.25) is 0 Å². The Hall–Kier alpha value is -2.62. The SMILES string of the molecule is CCOC(=O)c1ccc(-c2ccccc2C)c(C(=O)OCC)c1. The van der Waals surface area contributed by atoms with Crippen molar-refractivity contribution in [1.82, 2.24) is 0 Å². The molecular weight excluding hydrogens is 292 g/mol. The van der Waals surface area contributed by atoms with Gasteiger partial charge in [0.15, 0.2) is 0 Å². The third-order valence-corrected chi connectivity index (χ3v) is 3.46. The molecule has 0 heterocycles. The molecule has 0 bridgehead atoms. The topological polar surface area (TPSA) is 52.6 Å². The maximum atomic E-state index is 12.3. The molecule has 0 aliphatic heterocycles. The monoisotopic (exact) mass is 312 g/mol. The zero-order valence-corrected chi connectivity index (χ0v) is 13.6. The van der Waals surface area contributed by atoms with Crippen LogP contribution in [0.25, 0.3) is 11.1 Å². The van der Waals surface area contributed by atoms with Gasteiger partial charge in [0.1, 0.15) is 0 Å². The smallest absolute Gasteiger partial charge is 0.338 e. The quantitative estimate of drug-likeness (QED) is 0.783. The Morgan fingerprint density at radius 1 is 0.870 bits per heavy atom. The molecule has 0 saturated carbocycles. The number of aryl methyl sites for hydroxylation is 1. The van der Waals surface area contributed by atoms with Gasteiger partial charge in [-0.05, 0) is 49.6 Å². The van der Waals surface area contributed by atoms with E-state index in [1.165, 1.54) is 6.07 Å². The summed E-state index contributed by atoms with van der Waals surface area (Å²) in [4.78, 5) is 24.2. The van der Waals surface area contributed by atoms with Crippen LogP contribution in [0.4, 0.5) is 0 Å². The van der Waals surface area contributed by atoms with Crippen LogP contribution in [0.1, 0.15) is 40.1 Å². The first-order valence-corrected chi connectivity index (χ1v) is 7.62. The lowest BCUT2D eigenvalue weighted by Crippen LogP contribution is -2.10. The second-order valence-electron chi connectivity index (χ2n) is 5.02. The third-order valence-electron chi connectivity index (χ3n) is 3.46. The number of hydrogen-bond donors (Lipinski definition) is 0. The Labute approximate surface area is 136 Å². The predicted molar refractivity (Wildman–Crippen MR) is 88.5 cm³/mol. The minimum absolute atomic E-state index is 0.273. The maximum Gasteiger partial charge on any atom is 0.338 e. The summed E-state index contributed by atoms with van der Waals surface area (Å²) in [5.41, 5.74) is 3.43. The van der Waals surface area contributed by atoms with Crippen molar-refractivity contribution < 1.29 is 19.1 Å². The van der Waals surface area contributed by atoms with Gasteiger partial charge in [0.25, 0.3) is 0 Å². The van der Waals surface area contributed by atoms with E-state index in [2.05, 4.69) is 0 Å². The summed E-state index contributed by atoms with van der Waals surface area (Å²) in [7, 11) is 0. The molecule has 0 N–H and O–H groups in total. The van der Waals surface area contributed by atoms with Gasteiger partial charge in [0.2, 0.25) is 0 Å². The summed E-state index contributed by atoms with van der Waals surface area (Å²) in [5.74, 6) is -0.897. The molecule has 0 aromatic heterocycles. The van der Waals surface area contributed by atoms with Gasteiger partial charge >= 0.3 is 11.9 Å². The molecule has 0 unspecified atom stereocenters. The summed E-state index contributed by atoms with van der Waals surface area (Å²) >= 11 is 0. The molecule has 23 heavy (non-hydrogen) atoms. The van der Waals surface area contributed by atoms with Gasteiger partial charge in [-0.25, -0.2) is 9.59 Å². The van der Waals surface area contributed by atoms with E-state index in [-0.39, 0.29) is 13.2 Å². The van der Waals surface area contributed by atoms with E-state index >= 15 is 0 Å². The lowest BCUT2D eigenvalue weighted by molar-refractivity contribution is 0.0526. The van der Waals surface area contributed by atoms with E-state index in [4.69, 9.17) is 9.47 Å². The Balaban J connectivity index is 2.56. The van der Waals surface area contributed by atoms with Crippen molar-refractivity contribution in [3.8, 4) is 11.1 Å². The number of esters is 2. The highest BCUT2D eigenvalue weighted by Gasteiger charge is 2.18. The lowest BCUT2D eigenvalue weighted by Gasteiger charge is -2.13. The molecule has 0 radical (unpaired) electrons. The van der Waals surface area contributed by atoms with Gasteiger partial charge in [0, 0.05) is 0 Å². The first-order valence-electron chi connectivity index (χ1n) is 7.62. The molecule has 0 atom stereocenters. The predicted octanol–water partition coefficient (Wildman–Crippen LogP) is 4.02. The van der Waals surface area contributed by atoms with Gasteiger partial charge in [-0.15, -0.1) is 0 Å². The Kier molecular flexibility index (Phi) is 5.52. The second kappa shape index (κ2) is 7.58. The molecule has 0 aliphatic rings. The summed E-state index contributed by atoms with van der Waals surface area (Å²) < 4.78 is 10.1. The standard InChI is InChI=1S/C19H20O4/c1-4-22-18(20)14-10-11-16(15-9-7-6-8-13(15)3)17(12-14)19(21)23-5-2/h6-12H,4-5H2,1-3H3. The van der Waals surface area contributed by atoms with E-state index in [9.17, 15) is 9.59 Å². The van der Waals surface area contributed by atoms with E-state index in [0.717, 1.165) is 16.7 Å². The van der Waals surface area contributed by atoms with Crippen molar-refractivity contribution in [2.24, 2.45) is 0 Å². The van der Waals surface area contributed by atoms with Crippen LogP contribution in [0.15, 0.2) is 42.5 Å². The first kappa shape index (κ1) is 16.7. The van der Waals surface area contributed by atoms with E-state index < -0.39 is 11.9 Å². The van der Waals surface area contributed by atoms with Crippen LogP contribution in [0.5, 0.6) is 0 Å². The van der Waals surface area contributed by atoms with E-state index in [1.54, 1.807) is 26.0 Å². The molecule has 0 saturated heterocycles. The van der Waals surface area contributed by atoms with Crippen LogP contribution in [-0.4, -0.2) is 25.2 Å². The van der Waals surface area contributed by atoms with Crippen LogP contribution in [-0.2, 0) is 9.47 Å². The summed E-state index contributed by atoms with van der Waals surface area (Å²) in [6.45, 7) is 6.03. The molecule has 2 aromatic carbocycles. The van der Waals surface area contributed by atoms with E-state index in [1.807, 2.05) is 31.2 Å². The zero-order valence-electron chi connectivity index (χ0n) is 13.6. The fourth-order valence-corrected chi connectivity index (χ4v) is 2.37. The Morgan fingerprint density at radius 3 is 2.17 bits per heavy atom. The number of benzene rings is 2. The van der Waals surface area contributed by atoms with Crippen molar-refractivity contribution in [2.75, 3.05) is 13.2 Å². The number of rotatable bonds is 5. The largest absolute Gasteiger partial charge is 0.462 e. The first-order chi connectivity index (χ1) is 11.1. The average molecular weight is 312 g/mol. The second-order valence-corrected chi connectivity index (χ2v) is 5.02. The minimum Gasteiger partial charge on any atom is -0.462 e. The van der Waals surface area contributed by atoms with E-state index in [0.29, 0.717) is 11.1 Å². The third kappa shape index (κ3) is 3.77. The molecule has 2 rings (SSSR count). The highest BCUT2D eigenvalue weighted by Crippen LogP contribution is 2.28. The van der Waals surface area contributed by atoms with Crippen LogP contribution >= 0.6 is 0 Å². The maximum absolute atomic E-state index is 12.3. The fourth-order valence-electron chi connectivity index (χ4n) is 2.37. The highest BCUT2D eigenvalue weighted by molar-refractivity contribution is 6.01. The van der Waals surface area contributed by atoms with Gasteiger partial charge < -0.3 is 9.47 Å². The van der Waals surface area contributed by atoms with Crippen LogP contribution in [0.3, 0.4) is 0 Å². The molecule has 0 aliphatic carbocycles. The normalized spacial score (nSPS) is 10.2. The summed E-state index contributed by atoms with van der Waals surface area (Å²) in [6, 6.07) is 12.7. The number of hydrogen-bond acceptors (Lipinski definition) is 4. The molecule has 0 amide bonds. The molecule has 0 fully saturated rings. The molecule has 4 heteroatoms. The summed E-state index contributed by atoms with van der Waals surface area (Å²) in [6.07, 6.45) is 0. The van der Waals surface area contributed by atoms with Crippen molar-refractivity contribution >= 4 is 11.9 Å². The van der Waals surface area contributed by atoms with Gasteiger partial charge in [-0.2, -0.15) is 0 Å². The molecular formula is C19H20O4. The van der Waals surface area contributed by atoms with Gasteiger partial charge in [-0.1, -0.05) is 30.3 Å². The summed E-state index contributed by atoms with van der Waals surface area (Å²) in [5, 5.41) is 0. The number of ether oxygens (including phenoxy) is 2. The van der Waals surface area contributed by atoms with Crippen LogP contribution < -0.4 is 0 Å². The highest BCUT2D eigenvalue weighted by atomic mass is 16.5. The fraction of sp³-hybridized carbons (Fsp3) is 0.263. The molecule has 0 spiro atoms. The van der Waals surface area contributed by atoms with Gasteiger partial charge in [0.05, 0.1) is 24.3 Å². The lowest BCUT2D eigenvalue weighted by atomic mass is 9.94. The Morgan fingerprint density at radius 2 is 1.52 bits per heavy atom. The minimum atomic E-state index is -0.450. The molecule has 4 nitrogen and oxygen atoms in total. The molecule has 2 aromatic rings. The van der Waals surface area contributed by atoms with Crippen molar-refractivity contribution in [1.29, 1.82) is 0 Å². The average Bonchev–Trinajstić information content (AvgIpc) is 2.55. The van der Waals surface area contributed by atoms with Crippen molar-refractivity contribution in [3.63, 3.8) is 0 Å². The van der Waals surface area contributed by atoms with Crippen molar-refractivity contribution in [2.45, 2.75) is 20.8 Å². The molecule has 120 valence electrons. The van der Waals surface area contributed by atoms with Gasteiger partial charge in [-0.3, -0.25) is 0 Å². The Bertz CT molecular complexity index is 719. The zero-order chi connectivity index (χ0) is 16.8. The van der Waals surface area contributed by atoms with Crippen molar-refractivity contribution in [3.05, 3.63) is 59.2 Å².